The van der Waals surface area contributed by atoms with Crippen molar-refractivity contribution >= 4 is 32.5 Å². The quantitative estimate of drug-likeness (QED) is 0.387. The van der Waals surface area contributed by atoms with E-state index in [9.17, 15) is 26.4 Å². The van der Waals surface area contributed by atoms with Crippen molar-refractivity contribution in [3.63, 3.8) is 0 Å². The molecule has 0 atom stereocenters. The standard InChI is InChI=1S/C23H23F3N2O5S2/c1-14-12-17(10-11-19(14)33-22(2,3)20(29)32-5)35(30,31)28(4)21-27-18(13-34-21)15-6-8-16(9-7-15)23(24,25)26/h6-13H,1-5H3. The van der Waals surface area contributed by atoms with Crippen molar-refractivity contribution in [1.29, 1.82) is 0 Å². The van der Waals surface area contributed by atoms with Crippen LogP contribution in [0.3, 0.4) is 0 Å². The number of alkyl halides is 3. The molecule has 0 amide bonds. The van der Waals surface area contributed by atoms with E-state index < -0.39 is 33.3 Å². The molecule has 0 saturated heterocycles. The Morgan fingerprint density at radius 2 is 1.71 bits per heavy atom. The first-order chi connectivity index (χ1) is 16.2. The molecule has 0 unspecified atom stereocenters. The Kier molecular flexibility index (Phi) is 7.19. The Morgan fingerprint density at radius 1 is 1.09 bits per heavy atom. The van der Waals surface area contributed by atoms with Crippen molar-refractivity contribution in [3.8, 4) is 17.0 Å². The molecule has 0 radical (unpaired) electrons. The predicted molar refractivity (Wildman–Crippen MR) is 126 cm³/mol. The molecule has 3 rings (SSSR count). The Balaban J connectivity index is 1.84. The molecule has 0 spiro atoms. The Labute approximate surface area is 205 Å². The zero-order valence-corrected chi connectivity index (χ0v) is 21.1. The predicted octanol–water partition coefficient (Wildman–Crippen LogP) is 5.29. The summed E-state index contributed by atoms with van der Waals surface area (Å²) in [7, 11) is -1.42. The van der Waals surface area contributed by atoms with Crippen molar-refractivity contribution in [2.45, 2.75) is 37.4 Å². The topological polar surface area (TPSA) is 85.8 Å². The highest BCUT2D eigenvalue weighted by atomic mass is 32.2. The van der Waals surface area contributed by atoms with Crippen LogP contribution in [-0.4, -0.2) is 39.1 Å². The molecule has 7 nitrogen and oxygen atoms in total. The minimum Gasteiger partial charge on any atom is -0.476 e. The van der Waals surface area contributed by atoms with Gasteiger partial charge in [-0.3, -0.25) is 0 Å². The number of aryl methyl sites for hydroxylation is 1. The third-order valence-electron chi connectivity index (χ3n) is 5.12. The highest BCUT2D eigenvalue weighted by molar-refractivity contribution is 7.93. The number of thiazole rings is 1. The normalized spacial score (nSPS) is 12.3. The summed E-state index contributed by atoms with van der Waals surface area (Å²) >= 11 is 1.04. The zero-order valence-electron chi connectivity index (χ0n) is 19.5. The largest absolute Gasteiger partial charge is 0.476 e. The lowest BCUT2D eigenvalue weighted by molar-refractivity contribution is -0.156. The first-order valence-electron chi connectivity index (χ1n) is 10.2. The Morgan fingerprint density at radius 3 is 2.26 bits per heavy atom. The van der Waals surface area contributed by atoms with Gasteiger partial charge in [0.15, 0.2) is 10.7 Å². The highest BCUT2D eigenvalue weighted by Gasteiger charge is 2.32. The zero-order chi connectivity index (χ0) is 26.2. The maximum absolute atomic E-state index is 13.2. The van der Waals surface area contributed by atoms with E-state index in [4.69, 9.17) is 9.47 Å². The summed E-state index contributed by atoms with van der Waals surface area (Å²) in [5, 5.41) is 1.71. The fourth-order valence-corrected chi connectivity index (χ4v) is 5.35. The van der Waals surface area contributed by atoms with Gasteiger partial charge < -0.3 is 9.47 Å². The van der Waals surface area contributed by atoms with E-state index in [1.165, 1.54) is 58.3 Å². The molecule has 3 aromatic rings. The van der Waals surface area contributed by atoms with E-state index in [1.807, 2.05) is 0 Å². The maximum atomic E-state index is 13.2. The molecule has 0 aliphatic carbocycles. The fourth-order valence-electron chi connectivity index (χ4n) is 3.09. The van der Waals surface area contributed by atoms with Gasteiger partial charge in [-0.15, -0.1) is 11.3 Å². The van der Waals surface area contributed by atoms with Gasteiger partial charge in [0, 0.05) is 18.0 Å². The smallest absolute Gasteiger partial charge is 0.416 e. The molecule has 0 aliphatic heterocycles. The van der Waals surface area contributed by atoms with Gasteiger partial charge in [-0.2, -0.15) is 13.2 Å². The van der Waals surface area contributed by atoms with E-state index in [0.29, 0.717) is 22.6 Å². The number of hydrogen-bond donors (Lipinski definition) is 0. The van der Waals surface area contributed by atoms with Crippen LogP contribution in [0, 0.1) is 6.92 Å². The van der Waals surface area contributed by atoms with Gasteiger partial charge in [0.2, 0.25) is 0 Å². The van der Waals surface area contributed by atoms with Crippen LogP contribution in [0.2, 0.25) is 0 Å². The number of hydrogen-bond acceptors (Lipinski definition) is 7. The summed E-state index contributed by atoms with van der Waals surface area (Å²) in [4.78, 5) is 16.1. The summed E-state index contributed by atoms with van der Waals surface area (Å²) in [5.41, 5.74) is -0.787. The lowest BCUT2D eigenvalue weighted by atomic mass is 10.1. The van der Waals surface area contributed by atoms with Crippen LogP contribution in [0.5, 0.6) is 5.75 Å². The van der Waals surface area contributed by atoms with Crippen LogP contribution >= 0.6 is 11.3 Å². The summed E-state index contributed by atoms with van der Waals surface area (Å²) in [6, 6.07) is 8.69. The molecule has 0 N–H and O–H groups in total. The number of nitrogens with zero attached hydrogens (tertiary/aromatic N) is 2. The second-order valence-corrected chi connectivity index (χ2v) is 10.9. The summed E-state index contributed by atoms with van der Waals surface area (Å²) < 4.78 is 76.2. The first-order valence-corrected chi connectivity index (χ1v) is 12.5. The van der Waals surface area contributed by atoms with E-state index in [0.717, 1.165) is 27.8 Å². The number of methoxy groups -OCH3 is 1. The van der Waals surface area contributed by atoms with Gasteiger partial charge >= 0.3 is 12.1 Å². The second kappa shape index (κ2) is 9.50. The molecule has 12 heteroatoms. The third-order valence-corrected chi connectivity index (χ3v) is 7.89. The number of rotatable bonds is 7. The molecule has 1 heterocycles. The summed E-state index contributed by atoms with van der Waals surface area (Å²) in [5.74, 6) is -0.262. The number of anilines is 1. The van der Waals surface area contributed by atoms with Gasteiger partial charge in [0.25, 0.3) is 10.0 Å². The lowest BCUT2D eigenvalue weighted by Gasteiger charge is -2.25. The SMILES string of the molecule is COC(=O)C(C)(C)Oc1ccc(S(=O)(=O)N(C)c2nc(-c3ccc(C(F)(F)F)cc3)cs2)cc1C. The highest BCUT2D eigenvalue weighted by Crippen LogP contribution is 2.34. The first kappa shape index (κ1) is 26.5. The van der Waals surface area contributed by atoms with E-state index in [-0.39, 0.29) is 10.0 Å². The average molecular weight is 529 g/mol. The van der Waals surface area contributed by atoms with Crippen molar-refractivity contribution < 1.29 is 35.9 Å². The van der Waals surface area contributed by atoms with E-state index in [2.05, 4.69) is 4.98 Å². The van der Waals surface area contributed by atoms with Crippen molar-refractivity contribution in [2.75, 3.05) is 18.5 Å². The van der Waals surface area contributed by atoms with Crippen LogP contribution in [0.1, 0.15) is 25.0 Å². The maximum Gasteiger partial charge on any atom is 0.416 e. The second-order valence-electron chi connectivity index (χ2n) is 8.09. The number of carbonyl (C=O) groups is 1. The van der Waals surface area contributed by atoms with Crippen LogP contribution < -0.4 is 9.04 Å². The molecule has 1 aromatic heterocycles. The van der Waals surface area contributed by atoms with Crippen molar-refractivity contribution in [3.05, 3.63) is 59.0 Å². The number of esters is 1. The lowest BCUT2D eigenvalue weighted by Crippen LogP contribution is -2.39. The van der Waals surface area contributed by atoms with Gasteiger partial charge in [0.1, 0.15) is 5.75 Å². The molecular weight excluding hydrogens is 505 g/mol. The number of sulfonamides is 1. The Hall–Kier alpha value is -3.12. The minimum atomic E-state index is -4.45. The summed E-state index contributed by atoms with van der Waals surface area (Å²) in [6.07, 6.45) is -4.45. The molecule has 35 heavy (non-hydrogen) atoms. The number of aromatic nitrogens is 1. The van der Waals surface area contributed by atoms with Crippen LogP contribution in [-0.2, 0) is 25.7 Å². The van der Waals surface area contributed by atoms with E-state index >= 15 is 0 Å². The van der Waals surface area contributed by atoms with Gasteiger partial charge in [-0.05, 0) is 56.7 Å². The van der Waals surface area contributed by atoms with Crippen molar-refractivity contribution in [1.82, 2.24) is 4.98 Å². The number of ether oxygens (including phenoxy) is 2. The van der Waals surface area contributed by atoms with Crippen LogP contribution in [0.4, 0.5) is 18.3 Å². The van der Waals surface area contributed by atoms with Crippen LogP contribution in [0.25, 0.3) is 11.3 Å². The molecule has 0 aliphatic rings. The third kappa shape index (κ3) is 5.59. The molecule has 188 valence electrons. The fraction of sp³-hybridized carbons (Fsp3) is 0.304. The minimum absolute atomic E-state index is 0.0213. The van der Waals surface area contributed by atoms with Crippen molar-refractivity contribution in [2.24, 2.45) is 0 Å². The van der Waals surface area contributed by atoms with E-state index in [1.54, 1.807) is 12.3 Å². The Bertz CT molecular complexity index is 1330. The average Bonchev–Trinajstić information content (AvgIpc) is 3.28. The van der Waals surface area contributed by atoms with Gasteiger partial charge in [-0.1, -0.05) is 12.1 Å². The number of carbonyl (C=O) groups excluding carboxylic acids is 1. The monoisotopic (exact) mass is 528 g/mol. The number of benzene rings is 2. The molecule has 2 aromatic carbocycles. The molecule has 0 saturated carbocycles. The van der Waals surface area contributed by atoms with Gasteiger partial charge in [0.05, 0.1) is 23.3 Å². The number of halogens is 3. The molecule has 0 bridgehead atoms. The molecule has 0 fully saturated rings. The molecular formula is C23H23F3N2O5S2. The van der Waals surface area contributed by atoms with Crippen LogP contribution in [0.15, 0.2) is 52.7 Å². The summed E-state index contributed by atoms with van der Waals surface area (Å²) in [6.45, 7) is 4.72. The van der Waals surface area contributed by atoms with Gasteiger partial charge in [-0.25, -0.2) is 22.5 Å².